The highest BCUT2D eigenvalue weighted by Gasteiger charge is 2.45. The Balaban J connectivity index is 0.000000168. The molecule has 0 saturated carbocycles. The standard InChI is InChI=1S/2C16H12FNO3/c2*17-16(12-5-7-13(8-6-12)18(20)21)10-9-11-3-1-2-4-14(11)15(16)19/h2*1-8H,9-10H2/t2*16-/m00/s1. The third-order valence-electron chi connectivity index (χ3n) is 7.79. The minimum absolute atomic E-state index is 0.0562. The molecule has 0 amide bonds. The molecule has 0 aromatic heterocycles. The summed E-state index contributed by atoms with van der Waals surface area (Å²) in [5, 5.41) is 21.3. The number of hydrogen-bond donors (Lipinski definition) is 0. The highest BCUT2D eigenvalue weighted by Crippen LogP contribution is 2.41. The summed E-state index contributed by atoms with van der Waals surface area (Å²) in [6, 6.07) is 24.1. The largest absolute Gasteiger partial charge is 0.290 e. The van der Waals surface area contributed by atoms with Crippen LogP contribution in [0.25, 0.3) is 0 Å². The van der Waals surface area contributed by atoms with Crippen molar-refractivity contribution in [2.75, 3.05) is 0 Å². The van der Waals surface area contributed by atoms with Crippen molar-refractivity contribution in [1.82, 2.24) is 0 Å². The summed E-state index contributed by atoms with van der Waals surface area (Å²) in [4.78, 5) is 45.1. The van der Waals surface area contributed by atoms with Gasteiger partial charge in [-0.25, -0.2) is 8.78 Å². The van der Waals surface area contributed by atoms with Crippen molar-refractivity contribution in [3.8, 4) is 0 Å². The topological polar surface area (TPSA) is 120 Å². The van der Waals surface area contributed by atoms with Crippen LogP contribution in [0, 0.1) is 20.2 Å². The van der Waals surface area contributed by atoms with Crippen LogP contribution in [0.5, 0.6) is 0 Å². The number of halogens is 2. The monoisotopic (exact) mass is 570 g/mol. The molecule has 0 saturated heterocycles. The Morgan fingerprint density at radius 3 is 1.21 bits per heavy atom. The first kappa shape index (κ1) is 28.4. The minimum Gasteiger partial charge on any atom is -0.290 e. The molecular formula is C32H24F2N2O6. The summed E-state index contributed by atoms with van der Waals surface area (Å²) >= 11 is 0. The second kappa shape index (κ2) is 11.0. The first-order valence-corrected chi connectivity index (χ1v) is 13.2. The number of benzene rings is 4. The highest BCUT2D eigenvalue weighted by molar-refractivity contribution is 6.05. The van der Waals surface area contributed by atoms with Crippen molar-refractivity contribution in [3.05, 3.63) is 151 Å². The predicted octanol–water partition coefficient (Wildman–Crippen LogP) is 7.18. The van der Waals surface area contributed by atoms with Gasteiger partial charge in [0.25, 0.3) is 11.4 Å². The van der Waals surface area contributed by atoms with Gasteiger partial charge in [0.05, 0.1) is 9.85 Å². The smallest absolute Gasteiger partial charge is 0.269 e. The van der Waals surface area contributed by atoms with Gasteiger partial charge in [-0.3, -0.25) is 29.8 Å². The minimum atomic E-state index is -2.11. The molecule has 2 aliphatic carbocycles. The average molecular weight is 571 g/mol. The third kappa shape index (κ3) is 5.07. The maximum Gasteiger partial charge on any atom is 0.269 e. The number of hydrogen-bond acceptors (Lipinski definition) is 6. The molecule has 2 aliphatic rings. The molecule has 0 heterocycles. The lowest BCUT2D eigenvalue weighted by molar-refractivity contribution is -0.385. The second-order valence-electron chi connectivity index (χ2n) is 10.2. The lowest BCUT2D eigenvalue weighted by Gasteiger charge is -2.29. The SMILES string of the molecule is O=C1c2ccccc2CC[C@]1(F)c1ccc([N+](=O)[O-])cc1.O=C1c2ccccc2CC[C@]1(F)c1ccc([N+](=O)[O-])cc1. The number of ketones is 2. The van der Waals surface area contributed by atoms with E-state index in [1.165, 1.54) is 48.5 Å². The van der Waals surface area contributed by atoms with E-state index in [1.807, 2.05) is 24.3 Å². The van der Waals surface area contributed by atoms with Crippen molar-refractivity contribution >= 4 is 22.9 Å². The molecule has 0 fully saturated rings. The van der Waals surface area contributed by atoms with Crippen LogP contribution >= 0.6 is 0 Å². The van der Waals surface area contributed by atoms with Crippen molar-refractivity contribution < 1.29 is 28.2 Å². The lowest BCUT2D eigenvalue weighted by atomic mass is 9.77. The molecule has 0 spiro atoms. The van der Waals surface area contributed by atoms with Gasteiger partial charge >= 0.3 is 0 Å². The first-order chi connectivity index (χ1) is 20.0. The summed E-state index contributed by atoms with van der Waals surface area (Å²) in [7, 11) is 0. The van der Waals surface area contributed by atoms with E-state index >= 15 is 8.78 Å². The summed E-state index contributed by atoms with van der Waals surface area (Å²) in [6.07, 6.45) is 1.05. The van der Waals surface area contributed by atoms with Crippen molar-refractivity contribution in [2.24, 2.45) is 0 Å². The molecular weight excluding hydrogens is 546 g/mol. The highest BCUT2D eigenvalue weighted by atomic mass is 19.1. The number of aryl methyl sites for hydroxylation is 2. The fourth-order valence-corrected chi connectivity index (χ4v) is 5.43. The van der Waals surface area contributed by atoms with Gasteiger partial charge in [0, 0.05) is 35.4 Å². The number of nitrogens with zero attached hydrogens (tertiary/aromatic N) is 2. The van der Waals surface area contributed by atoms with Crippen molar-refractivity contribution in [2.45, 2.75) is 37.0 Å². The van der Waals surface area contributed by atoms with Crippen LogP contribution in [0.3, 0.4) is 0 Å². The summed E-state index contributed by atoms with van der Waals surface area (Å²) < 4.78 is 30.4. The lowest BCUT2D eigenvalue weighted by Crippen LogP contribution is -2.36. The average Bonchev–Trinajstić information content (AvgIpc) is 3.01. The van der Waals surface area contributed by atoms with Crippen molar-refractivity contribution in [3.63, 3.8) is 0 Å². The van der Waals surface area contributed by atoms with Crippen LogP contribution in [-0.2, 0) is 24.2 Å². The van der Waals surface area contributed by atoms with E-state index in [2.05, 4.69) is 0 Å². The number of nitro benzene ring substituents is 2. The number of Topliss-reactive ketones (excluding diaryl/α,β-unsaturated/α-hetero) is 2. The Labute approximate surface area is 238 Å². The van der Waals surface area contributed by atoms with Crippen LogP contribution < -0.4 is 0 Å². The van der Waals surface area contributed by atoms with E-state index in [-0.39, 0.29) is 35.3 Å². The summed E-state index contributed by atoms with van der Waals surface area (Å²) in [5.41, 5.74) is -1.63. The maximum atomic E-state index is 15.2. The Morgan fingerprint density at radius 1 is 0.548 bits per heavy atom. The quantitative estimate of drug-likeness (QED) is 0.189. The number of fused-ring (bicyclic) bond motifs is 2. The van der Waals surface area contributed by atoms with E-state index < -0.39 is 32.8 Å². The van der Waals surface area contributed by atoms with Crippen LogP contribution in [0.2, 0.25) is 0 Å². The number of rotatable bonds is 4. The number of alkyl halides is 2. The number of non-ortho nitro benzene ring substituents is 2. The fraction of sp³-hybridized carbons (Fsp3) is 0.188. The van der Waals surface area contributed by atoms with Gasteiger partial charge in [-0.1, -0.05) is 48.5 Å². The Hall–Kier alpha value is -5.12. The first-order valence-electron chi connectivity index (χ1n) is 13.2. The molecule has 6 rings (SSSR count). The maximum absolute atomic E-state index is 15.2. The summed E-state index contributed by atoms with van der Waals surface area (Å²) in [5.74, 6) is -1.14. The Kier molecular flexibility index (Phi) is 7.47. The zero-order valence-electron chi connectivity index (χ0n) is 22.2. The van der Waals surface area contributed by atoms with E-state index in [9.17, 15) is 29.8 Å². The van der Waals surface area contributed by atoms with Gasteiger partial charge in [0.2, 0.25) is 11.6 Å². The van der Waals surface area contributed by atoms with Crippen LogP contribution in [0.1, 0.15) is 55.8 Å². The molecule has 2 atom stereocenters. The van der Waals surface area contributed by atoms with E-state index in [0.717, 1.165) is 11.1 Å². The van der Waals surface area contributed by atoms with E-state index in [4.69, 9.17) is 0 Å². The number of nitro groups is 2. The second-order valence-corrected chi connectivity index (χ2v) is 10.2. The van der Waals surface area contributed by atoms with Crippen LogP contribution in [0.15, 0.2) is 97.1 Å². The molecule has 212 valence electrons. The third-order valence-corrected chi connectivity index (χ3v) is 7.79. The van der Waals surface area contributed by atoms with E-state index in [0.29, 0.717) is 24.0 Å². The van der Waals surface area contributed by atoms with Gasteiger partial charge in [-0.05, 0) is 72.2 Å². The molecule has 0 radical (unpaired) electrons. The van der Waals surface area contributed by atoms with Crippen molar-refractivity contribution in [1.29, 1.82) is 0 Å². The predicted molar refractivity (Wildman–Crippen MR) is 150 cm³/mol. The van der Waals surface area contributed by atoms with Gasteiger partial charge < -0.3 is 0 Å². The zero-order chi connectivity index (χ0) is 30.1. The molecule has 4 aromatic carbocycles. The van der Waals surface area contributed by atoms with Gasteiger partial charge in [0.15, 0.2) is 11.3 Å². The molecule has 0 aliphatic heterocycles. The van der Waals surface area contributed by atoms with Crippen LogP contribution in [0.4, 0.5) is 20.2 Å². The number of carbonyl (C=O) groups excluding carboxylic acids is 2. The van der Waals surface area contributed by atoms with Gasteiger partial charge in [0.1, 0.15) is 0 Å². The number of carbonyl (C=O) groups is 2. The Bertz CT molecular complexity index is 1580. The molecule has 4 aromatic rings. The molecule has 42 heavy (non-hydrogen) atoms. The van der Waals surface area contributed by atoms with Crippen LogP contribution in [-0.4, -0.2) is 21.4 Å². The molecule has 10 heteroatoms. The molecule has 0 N–H and O–H groups in total. The Morgan fingerprint density at radius 2 is 0.881 bits per heavy atom. The molecule has 0 bridgehead atoms. The normalized spacial score (nSPS) is 20.9. The fourth-order valence-electron chi connectivity index (χ4n) is 5.43. The van der Waals surface area contributed by atoms with Gasteiger partial charge in [-0.2, -0.15) is 0 Å². The molecule has 0 unspecified atom stereocenters. The summed E-state index contributed by atoms with van der Waals surface area (Å²) in [6.45, 7) is 0. The van der Waals surface area contributed by atoms with Gasteiger partial charge in [-0.15, -0.1) is 0 Å². The molecule has 8 nitrogen and oxygen atoms in total. The zero-order valence-corrected chi connectivity index (χ0v) is 22.2. The van der Waals surface area contributed by atoms with E-state index in [1.54, 1.807) is 24.3 Å².